The molecule has 1 atom stereocenters. The number of hydrogen-bond donors (Lipinski definition) is 1. The highest BCUT2D eigenvalue weighted by atomic mass is 16.5. The van der Waals surface area contributed by atoms with E-state index in [1.54, 1.807) is 11.8 Å². The fourth-order valence-electron chi connectivity index (χ4n) is 1.79. The molecule has 0 aromatic rings. The fourth-order valence-corrected chi connectivity index (χ4v) is 1.79. The molecule has 0 radical (unpaired) electrons. The topological polar surface area (TPSA) is 55.6 Å². The number of amides is 1. The molecule has 1 amide bonds. The number of nitrogens with zero attached hydrogens (tertiary/aromatic N) is 1. The Balaban J connectivity index is 2.58. The van der Waals surface area contributed by atoms with Gasteiger partial charge in [0.05, 0.1) is 5.54 Å². The molecular formula is C11H22N2O2. The summed E-state index contributed by atoms with van der Waals surface area (Å²) in [5.74, 6) is 0.0388. The number of carbonyl (C=O) groups excluding carboxylic acids is 1. The molecule has 1 rings (SSSR count). The largest absolute Gasteiger partial charge is 0.381 e. The zero-order chi connectivity index (χ0) is 11.5. The highest BCUT2D eigenvalue weighted by Crippen LogP contribution is 2.17. The molecule has 0 saturated carbocycles. The van der Waals surface area contributed by atoms with Gasteiger partial charge in [-0.15, -0.1) is 0 Å². The predicted molar refractivity (Wildman–Crippen MR) is 59.5 cm³/mol. The molecular weight excluding hydrogens is 192 g/mol. The number of hydrogen-bond acceptors (Lipinski definition) is 3. The lowest BCUT2D eigenvalue weighted by Gasteiger charge is -2.36. The molecule has 1 aliphatic rings. The lowest BCUT2D eigenvalue weighted by atomic mass is 9.96. The Labute approximate surface area is 91.8 Å². The molecule has 1 fully saturated rings. The lowest BCUT2D eigenvalue weighted by Crippen LogP contribution is -2.55. The Hall–Kier alpha value is -0.610. The molecule has 0 bridgehead atoms. The van der Waals surface area contributed by atoms with Crippen LogP contribution >= 0.6 is 0 Å². The lowest BCUT2D eigenvalue weighted by molar-refractivity contribution is -0.139. The van der Waals surface area contributed by atoms with Gasteiger partial charge in [0.15, 0.2) is 0 Å². The van der Waals surface area contributed by atoms with Gasteiger partial charge in [0.25, 0.3) is 0 Å². The second kappa shape index (κ2) is 4.94. The van der Waals surface area contributed by atoms with Gasteiger partial charge in [-0.05, 0) is 26.2 Å². The van der Waals surface area contributed by atoms with Gasteiger partial charge < -0.3 is 15.4 Å². The minimum Gasteiger partial charge on any atom is -0.381 e. The number of rotatable bonds is 3. The molecule has 1 aliphatic heterocycles. The smallest absolute Gasteiger partial charge is 0.242 e. The normalized spacial score (nSPS) is 22.1. The summed E-state index contributed by atoms with van der Waals surface area (Å²) < 4.78 is 5.27. The number of nitrogens with two attached hydrogens (primary N) is 1. The van der Waals surface area contributed by atoms with Crippen LogP contribution in [0.15, 0.2) is 0 Å². The molecule has 4 heteroatoms. The molecule has 0 aromatic carbocycles. The zero-order valence-corrected chi connectivity index (χ0v) is 9.95. The van der Waals surface area contributed by atoms with Gasteiger partial charge in [0.1, 0.15) is 0 Å². The standard InChI is InChI=1S/C11H22N2O2/c1-4-11(2,12)10(14)13(3)9-5-7-15-8-6-9/h9H,4-8,12H2,1-3H3. The van der Waals surface area contributed by atoms with Crippen molar-refractivity contribution in [1.82, 2.24) is 4.90 Å². The average Bonchev–Trinajstić information content (AvgIpc) is 2.28. The Morgan fingerprint density at radius 2 is 2.07 bits per heavy atom. The summed E-state index contributed by atoms with van der Waals surface area (Å²) in [6.45, 7) is 5.23. The van der Waals surface area contributed by atoms with Crippen LogP contribution in [0.2, 0.25) is 0 Å². The van der Waals surface area contributed by atoms with E-state index < -0.39 is 5.54 Å². The maximum atomic E-state index is 12.1. The third kappa shape index (κ3) is 2.92. The molecule has 0 aliphatic carbocycles. The van der Waals surface area contributed by atoms with E-state index in [1.165, 1.54) is 0 Å². The van der Waals surface area contributed by atoms with Crippen molar-refractivity contribution in [3.8, 4) is 0 Å². The Bertz CT molecular complexity index is 223. The van der Waals surface area contributed by atoms with Crippen LogP contribution in [0.25, 0.3) is 0 Å². The van der Waals surface area contributed by atoms with Crippen LogP contribution in [0.5, 0.6) is 0 Å². The second-order valence-electron chi connectivity index (χ2n) is 4.53. The number of likely N-dealkylation sites (N-methyl/N-ethyl adjacent to an activating group) is 1. The Kier molecular flexibility index (Phi) is 4.11. The van der Waals surface area contributed by atoms with Crippen molar-refractivity contribution < 1.29 is 9.53 Å². The van der Waals surface area contributed by atoms with Crippen LogP contribution in [0, 0.1) is 0 Å². The van der Waals surface area contributed by atoms with Crippen molar-refractivity contribution in [2.45, 2.75) is 44.7 Å². The van der Waals surface area contributed by atoms with Gasteiger partial charge >= 0.3 is 0 Å². The van der Waals surface area contributed by atoms with Gasteiger partial charge in [0.2, 0.25) is 5.91 Å². The van der Waals surface area contributed by atoms with Crippen molar-refractivity contribution in [2.75, 3.05) is 20.3 Å². The zero-order valence-electron chi connectivity index (χ0n) is 9.95. The van der Waals surface area contributed by atoms with E-state index >= 15 is 0 Å². The monoisotopic (exact) mass is 214 g/mol. The van der Waals surface area contributed by atoms with Gasteiger partial charge in [-0.1, -0.05) is 6.92 Å². The predicted octanol–water partition coefficient (Wildman–Crippen LogP) is 0.751. The van der Waals surface area contributed by atoms with Gasteiger partial charge in [-0.3, -0.25) is 4.79 Å². The number of ether oxygens (including phenoxy) is 1. The summed E-state index contributed by atoms with van der Waals surface area (Å²) in [6.07, 6.45) is 2.50. The quantitative estimate of drug-likeness (QED) is 0.754. The SMILES string of the molecule is CCC(C)(N)C(=O)N(C)C1CCOCC1. The van der Waals surface area contributed by atoms with Crippen molar-refractivity contribution in [2.24, 2.45) is 5.73 Å². The van der Waals surface area contributed by atoms with Gasteiger partial charge in [0, 0.05) is 26.3 Å². The fraction of sp³-hybridized carbons (Fsp3) is 0.909. The molecule has 4 nitrogen and oxygen atoms in total. The highest BCUT2D eigenvalue weighted by molar-refractivity contribution is 5.85. The number of carbonyl (C=O) groups is 1. The van der Waals surface area contributed by atoms with Crippen molar-refractivity contribution in [3.63, 3.8) is 0 Å². The second-order valence-corrected chi connectivity index (χ2v) is 4.53. The van der Waals surface area contributed by atoms with E-state index in [2.05, 4.69) is 0 Å². The molecule has 88 valence electrons. The maximum absolute atomic E-state index is 12.1. The van der Waals surface area contributed by atoms with Crippen LogP contribution in [0.1, 0.15) is 33.1 Å². The van der Waals surface area contributed by atoms with Crippen LogP contribution in [-0.2, 0) is 9.53 Å². The molecule has 15 heavy (non-hydrogen) atoms. The molecule has 1 unspecified atom stereocenters. The van der Waals surface area contributed by atoms with Crippen LogP contribution in [-0.4, -0.2) is 42.6 Å². The van der Waals surface area contributed by atoms with E-state index in [9.17, 15) is 4.79 Å². The van der Waals surface area contributed by atoms with E-state index in [-0.39, 0.29) is 5.91 Å². The average molecular weight is 214 g/mol. The summed E-state index contributed by atoms with van der Waals surface area (Å²) >= 11 is 0. The van der Waals surface area contributed by atoms with E-state index in [4.69, 9.17) is 10.5 Å². The molecule has 1 heterocycles. The van der Waals surface area contributed by atoms with Crippen molar-refractivity contribution in [3.05, 3.63) is 0 Å². The molecule has 2 N–H and O–H groups in total. The molecule has 0 spiro atoms. The van der Waals surface area contributed by atoms with E-state index in [0.29, 0.717) is 12.5 Å². The first kappa shape index (κ1) is 12.5. The summed E-state index contributed by atoms with van der Waals surface area (Å²) in [4.78, 5) is 13.9. The van der Waals surface area contributed by atoms with E-state index in [0.717, 1.165) is 26.1 Å². The highest BCUT2D eigenvalue weighted by Gasteiger charge is 2.32. The van der Waals surface area contributed by atoms with Crippen molar-refractivity contribution >= 4 is 5.91 Å². The Morgan fingerprint density at radius 3 is 2.53 bits per heavy atom. The van der Waals surface area contributed by atoms with Gasteiger partial charge in [-0.25, -0.2) is 0 Å². The molecule has 0 aromatic heterocycles. The minimum atomic E-state index is -0.729. The van der Waals surface area contributed by atoms with E-state index in [1.807, 2.05) is 14.0 Å². The summed E-state index contributed by atoms with van der Waals surface area (Å²) in [5.41, 5.74) is 5.22. The first-order valence-corrected chi connectivity index (χ1v) is 5.63. The maximum Gasteiger partial charge on any atom is 0.242 e. The first-order valence-electron chi connectivity index (χ1n) is 5.63. The van der Waals surface area contributed by atoms with Gasteiger partial charge in [-0.2, -0.15) is 0 Å². The van der Waals surface area contributed by atoms with Crippen LogP contribution < -0.4 is 5.73 Å². The van der Waals surface area contributed by atoms with Crippen LogP contribution in [0.3, 0.4) is 0 Å². The first-order chi connectivity index (χ1) is 6.99. The summed E-state index contributed by atoms with van der Waals surface area (Å²) in [6, 6.07) is 0.292. The third-order valence-electron chi connectivity index (χ3n) is 3.28. The van der Waals surface area contributed by atoms with Crippen molar-refractivity contribution in [1.29, 1.82) is 0 Å². The Morgan fingerprint density at radius 1 is 1.53 bits per heavy atom. The minimum absolute atomic E-state index is 0.0388. The van der Waals surface area contributed by atoms with Crippen LogP contribution in [0.4, 0.5) is 0 Å². The summed E-state index contributed by atoms with van der Waals surface area (Å²) in [5, 5.41) is 0. The third-order valence-corrected chi connectivity index (χ3v) is 3.28. The summed E-state index contributed by atoms with van der Waals surface area (Å²) in [7, 11) is 1.85. The molecule has 1 saturated heterocycles.